The normalized spacial score (nSPS) is 17.3. The average Bonchev–Trinajstić information content (AvgIpc) is 3.15. The lowest BCUT2D eigenvalue weighted by molar-refractivity contribution is -0.124. The van der Waals surface area contributed by atoms with Crippen LogP contribution >= 0.6 is 0 Å². The maximum atomic E-state index is 13.0. The maximum Gasteiger partial charge on any atom is 0.332 e. The molecule has 1 aromatic carbocycles. The first-order valence-electron chi connectivity index (χ1n) is 9.41. The number of nitrogens with zero attached hydrogens (tertiary/aromatic N) is 4. The van der Waals surface area contributed by atoms with E-state index in [1.807, 2.05) is 12.1 Å². The van der Waals surface area contributed by atoms with Gasteiger partial charge in [0.25, 0.3) is 5.56 Å². The van der Waals surface area contributed by atoms with Gasteiger partial charge in [0, 0.05) is 14.1 Å². The van der Waals surface area contributed by atoms with Gasteiger partial charge in [-0.05, 0) is 37.3 Å². The van der Waals surface area contributed by atoms with Crippen molar-refractivity contribution < 1.29 is 4.79 Å². The van der Waals surface area contributed by atoms with Gasteiger partial charge in [0.05, 0.1) is 12.4 Å². The van der Waals surface area contributed by atoms with Gasteiger partial charge in [-0.25, -0.2) is 9.78 Å². The summed E-state index contributed by atoms with van der Waals surface area (Å²) in [5.74, 6) is -0.183. The summed E-state index contributed by atoms with van der Waals surface area (Å²) < 4.78 is 3.89. The van der Waals surface area contributed by atoms with Crippen molar-refractivity contribution in [3.63, 3.8) is 0 Å². The summed E-state index contributed by atoms with van der Waals surface area (Å²) in [7, 11) is 2.98. The Kier molecular flexibility index (Phi) is 4.41. The Labute approximate surface area is 161 Å². The molecular formula is C20H23N5O3. The molecule has 28 heavy (non-hydrogen) atoms. The Hall–Kier alpha value is -3.16. The van der Waals surface area contributed by atoms with Crippen molar-refractivity contribution in [1.29, 1.82) is 0 Å². The quantitative estimate of drug-likeness (QED) is 0.738. The maximum absolute atomic E-state index is 13.0. The highest BCUT2D eigenvalue weighted by molar-refractivity contribution is 5.83. The first-order chi connectivity index (χ1) is 13.4. The molecule has 1 aliphatic carbocycles. The molecule has 0 unspecified atom stereocenters. The van der Waals surface area contributed by atoms with Crippen LogP contribution in [-0.2, 0) is 25.3 Å². The summed E-state index contributed by atoms with van der Waals surface area (Å²) in [5, 5.41) is 3.12. The molecule has 2 atom stereocenters. The Morgan fingerprint density at radius 2 is 1.96 bits per heavy atom. The number of hydrogen-bond acceptors (Lipinski definition) is 4. The van der Waals surface area contributed by atoms with Gasteiger partial charge in [0.1, 0.15) is 6.04 Å². The van der Waals surface area contributed by atoms with Gasteiger partial charge in [-0.2, -0.15) is 0 Å². The molecule has 2 heterocycles. The van der Waals surface area contributed by atoms with Crippen LogP contribution in [0.15, 0.2) is 40.2 Å². The standard InChI is InChI=1S/C20H23N5O3/c1-12(18(26)22-15-10-6-8-13-7-4-5-9-14(13)15)25-11-21-17-16(25)19(27)24(3)20(28)23(17)2/h4-5,7,9,11-12,15H,6,8,10H2,1-3H3,(H,22,26)/t12-,15-/m1/s1. The fourth-order valence-corrected chi connectivity index (χ4v) is 3.98. The predicted octanol–water partition coefficient (Wildman–Crippen LogP) is 1.19. The third-order valence-corrected chi connectivity index (χ3v) is 5.66. The van der Waals surface area contributed by atoms with Gasteiger partial charge in [-0.3, -0.25) is 18.7 Å². The number of carbonyl (C=O) groups is 1. The summed E-state index contributed by atoms with van der Waals surface area (Å²) in [4.78, 5) is 41.9. The Morgan fingerprint density at radius 1 is 1.21 bits per heavy atom. The van der Waals surface area contributed by atoms with Crippen molar-refractivity contribution in [2.24, 2.45) is 14.1 Å². The minimum atomic E-state index is -0.635. The number of nitrogens with one attached hydrogen (secondary N) is 1. The Balaban J connectivity index is 1.68. The lowest BCUT2D eigenvalue weighted by atomic mass is 9.87. The highest BCUT2D eigenvalue weighted by Gasteiger charge is 2.26. The summed E-state index contributed by atoms with van der Waals surface area (Å²) in [5.41, 5.74) is 2.04. The second-order valence-corrected chi connectivity index (χ2v) is 7.36. The number of amides is 1. The SMILES string of the molecule is C[C@H](C(=O)N[C@@H]1CCCc2ccccc21)n1cnc2c1c(=O)n(C)c(=O)n2C. The van der Waals surface area contributed by atoms with Gasteiger partial charge in [-0.1, -0.05) is 24.3 Å². The summed E-state index contributed by atoms with van der Waals surface area (Å²) >= 11 is 0. The minimum Gasteiger partial charge on any atom is -0.347 e. The van der Waals surface area contributed by atoms with Crippen molar-refractivity contribution in [2.45, 2.75) is 38.3 Å². The summed E-state index contributed by atoms with van der Waals surface area (Å²) in [6.45, 7) is 1.73. The van der Waals surface area contributed by atoms with E-state index in [-0.39, 0.29) is 23.1 Å². The van der Waals surface area contributed by atoms with Crippen LogP contribution < -0.4 is 16.6 Å². The molecular weight excluding hydrogens is 358 g/mol. The van der Waals surface area contributed by atoms with Crippen molar-refractivity contribution >= 4 is 17.1 Å². The Bertz CT molecular complexity index is 1190. The predicted molar refractivity (Wildman–Crippen MR) is 105 cm³/mol. The molecule has 8 heteroatoms. The van der Waals surface area contributed by atoms with Crippen molar-refractivity contribution in [2.75, 3.05) is 0 Å². The van der Waals surface area contributed by atoms with Gasteiger partial charge >= 0.3 is 5.69 Å². The number of carbonyl (C=O) groups excluding carboxylic acids is 1. The molecule has 0 fully saturated rings. The molecule has 1 N–H and O–H groups in total. The van der Waals surface area contributed by atoms with Crippen LogP contribution in [0, 0.1) is 0 Å². The first kappa shape index (κ1) is 18.2. The van der Waals surface area contributed by atoms with E-state index in [9.17, 15) is 14.4 Å². The molecule has 1 amide bonds. The molecule has 0 saturated carbocycles. The van der Waals surface area contributed by atoms with Gasteiger partial charge in [0.15, 0.2) is 11.2 Å². The molecule has 8 nitrogen and oxygen atoms in total. The molecule has 1 aliphatic rings. The van der Waals surface area contributed by atoms with Crippen molar-refractivity contribution in [1.82, 2.24) is 24.0 Å². The molecule has 0 aliphatic heterocycles. The Morgan fingerprint density at radius 3 is 2.75 bits per heavy atom. The van der Waals surface area contributed by atoms with E-state index in [1.54, 1.807) is 18.5 Å². The number of aryl methyl sites for hydroxylation is 2. The zero-order valence-corrected chi connectivity index (χ0v) is 16.2. The topological polar surface area (TPSA) is 90.9 Å². The van der Waals surface area contributed by atoms with Crippen molar-refractivity contribution in [3.8, 4) is 0 Å². The van der Waals surface area contributed by atoms with Crippen LogP contribution in [0.5, 0.6) is 0 Å². The minimum absolute atomic E-state index is 0.0399. The van der Waals surface area contributed by atoms with Crippen molar-refractivity contribution in [3.05, 3.63) is 62.6 Å². The highest BCUT2D eigenvalue weighted by atomic mass is 16.2. The number of hydrogen-bond donors (Lipinski definition) is 1. The summed E-state index contributed by atoms with van der Waals surface area (Å²) in [6, 6.07) is 7.49. The van der Waals surface area contributed by atoms with Gasteiger partial charge in [-0.15, -0.1) is 0 Å². The van der Waals surface area contributed by atoms with Crippen LogP contribution in [0.25, 0.3) is 11.2 Å². The fourth-order valence-electron chi connectivity index (χ4n) is 3.98. The monoisotopic (exact) mass is 381 g/mol. The number of imidazole rings is 1. The lowest BCUT2D eigenvalue weighted by Crippen LogP contribution is -2.39. The molecule has 0 saturated heterocycles. The lowest BCUT2D eigenvalue weighted by Gasteiger charge is -2.27. The van der Waals surface area contributed by atoms with Crippen LogP contribution in [-0.4, -0.2) is 24.6 Å². The molecule has 0 spiro atoms. The van der Waals surface area contributed by atoms with Gasteiger partial charge in [0.2, 0.25) is 5.91 Å². The third-order valence-electron chi connectivity index (χ3n) is 5.66. The second kappa shape index (κ2) is 6.78. The molecule has 146 valence electrons. The van der Waals surface area contributed by atoms with E-state index in [0.717, 1.165) is 29.4 Å². The largest absolute Gasteiger partial charge is 0.347 e. The van der Waals surface area contributed by atoms with Gasteiger partial charge < -0.3 is 9.88 Å². The molecule has 0 bridgehead atoms. The zero-order valence-electron chi connectivity index (χ0n) is 16.2. The zero-order chi connectivity index (χ0) is 20.0. The number of aromatic nitrogens is 4. The fraction of sp³-hybridized carbons (Fsp3) is 0.400. The van der Waals surface area contributed by atoms with E-state index >= 15 is 0 Å². The van der Waals surface area contributed by atoms with E-state index in [0.29, 0.717) is 0 Å². The second-order valence-electron chi connectivity index (χ2n) is 7.36. The molecule has 2 aromatic heterocycles. The number of benzene rings is 1. The highest BCUT2D eigenvalue weighted by Crippen LogP contribution is 2.30. The molecule has 3 aromatic rings. The van der Waals surface area contributed by atoms with Crippen LogP contribution in [0.4, 0.5) is 0 Å². The average molecular weight is 381 g/mol. The number of fused-ring (bicyclic) bond motifs is 2. The smallest absolute Gasteiger partial charge is 0.332 e. The third kappa shape index (κ3) is 2.76. The van der Waals surface area contributed by atoms with Crippen LogP contribution in [0.2, 0.25) is 0 Å². The van der Waals surface area contributed by atoms with Crippen LogP contribution in [0.3, 0.4) is 0 Å². The van der Waals surface area contributed by atoms with E-state index in [1.165, 1.54) is 23.5 Å². The number of rotatable bonds is 3. The molecule has 0 radical (unpaired) electrons. The molecule has 4 rings (SSSR count). The van der Waals surface area contributed by atoms with E-state index in [2.05, 4.69) is 22.4 Å². The van der Waals surface area contributed by atoms with Crippen LogP contribution in [0.1, 0.15) is 43.0 Å². The first-order valence-corrected chi connectivity index (χ1v) is 9.41. The van der Waals surface area contributed by atoms with E-state index < -0.39 is 17.3 Å². The summed E-state index contributed by atoms with van der Waals surface area (Å²) in [6.07, 6.45) is 4.38. The van der Waals surface area contributed by atoms with E-state index in [4.69, 9.17) is 0 Å².